The van der Waals surface area contributed by atoms with E-state index in [2.05, 4.69) is 0 Å². The molecule has 0 aliphatic carbocycles. The number of halogens is 4. The van der Waals surface area contributed by atoms with Gasteiger partial charge in [0.05, 0.1) is 28.8 Å². The fourth-order valence-corrected chi connectivity index (χ4v) is 6.75. The molecule has 1 aliphatic rings. The molecule has 0 fully saturated rings. The van der Waals surface area contributed by atoms with Crippen molar-refractivity contribution < 1.29 is 46.1 Å². The van der Waals surface area contributed by atoms with Crippen LogP contribution in [0.3, 0.4) is 0 Å². The summed E-state index contributed by atoms with van der Waals surface area (Å²) in [6.07, 6.45) is -5.44. The van der Waals surface area contributed by atoms with Crippen LogP contribution in [-0.4, -0.2) is 59.7 Å². The van der Waals surface area contributed by atoms with Crippen molar-refractivity contribution in [2.24, 2.45) is 0 Å². The summed E-state index contributed by atoms with van der Waals surface area (Å²) in [5.74, 6) is -1.05. The third-order valence-electron chi connectivity index (χ3n) is 6.19. The zero-order valence-corrected chi connectivity index (χ0v) is 21.6. The van der Waals surface area contributed by atoms with E-state index in [-0.39, 0.29) is 40.5 Å². The standard InChI is InChI=1S/C24H27F4NO6S2/c1-22(32,14-30)10-9-18(31)12-17-13-36-21-11-15(23(2,33)24(26,27)28)3-8-20(21)29(17)37(34,35)19-6-4-16(25)5-7-19/h3-8,11,17,30,32-33H,9-10,12-14H2,1-2H3/t17-,22-,23?/m1/s1. The van der Waals surface area contributed by atoms with Crippen LogP contribution in [0.2, 0.25) is 0 Å². The first kappa shape index (κ1) is 29.4. The van der Waals surface area contributed by atoms with Gasteiger partial charge < -0.3 is 15.3 Å². The van der Waals surface area contributed by atoms with E-state index in [1.807, 2.05) is 0 Å². The molecule has 13 heteroatoms. The maximum Gasteiger partial charge on any atom is 0.421 e. The minimum atomic E-state index is -4.98. The lowest BCUT2D eigenvalue weighted by molar-refractivity contribution is -0.258. The second kappa shape index (κ2) is 10.5. The monoisotopic (exact) mass is 565 g/mol. The van der Waals surface area contributed by atoms with E-state index in [0.29, 0.717) is 6.92 Å². The van der Waals surface area contributed by atoms with E-state index in [0.717, 1.165) is 58.5 Å². The summed E-state index contributed by atoms with van der Waals surface area (Å²) in [7, 11) is -4.38. The Morgan fingerprint density at radius 3 is 2.30 bits per heavy atom. The number of Topliss-reactive ketones (excluding diaryl/α,β-unsaturated/α-hetero) is 1. The van der Waals surface area contributed by atoms with Gasteiger partial charge in [-0.2, -0.15) is 13.2 Å². The summed E-state index contributed by atoms with van der Waals surface area (Å²) in [6, 6.07) is 6.25. The van der Waals surface area contributed by atoms with E-state index in [4.69, 9.17) is 0 Å². The molecule has 3 atom stereocenters. The normalized spacial score (nSPS) is 19.6. The van der Waals surface area contributed by atoms with Crippen LogP contribution >= 0.6 is 11.8 Å². The van der Waals surface area contributed by atoms with Crippen molar-refractivity contribution >= 4 is 33.3 Å². The van der Waals surface area contributed by atoms with E-state index in [1.165, 1.54) is 6.92 Å². The van der Waals surface area contributed by atoms with Crippen molar-refractivity contribution in [2.75, 3.05) is 16.7 Å². The summed E-state index contributed by atoms with van der Waals surface area (Å²) < 4.78 is 81.9. The van der Waals surface area contributed by atoms with Crippen molar-refractivity contribution in [1.82, 2.24) is 0 Å². The van der Waals surface area contributed by atoms with Crippen LogP contribution in [0.15, 0.2) is 52.3 Å². The molecule has 1 heterocycles. The highest BCUT2D eigenvalue weighted by molar-refractivity contribution is 8.00. The molecule has 3 rings (SSSR count). The van der Waals surface area contributed by atoms with Gasteiger partial charge in [0.15, 0.2) is 5.60 Å². The number of alkyl halides is 3. The second-order valence-electron chi connectivity index (χ2n) is 9.37. The van der Waals surface area contributed by atoms with Gasteiger partial charge in [0, 0.05) is 23.5 Å². The predicted molar refractivity (Wildman–Crippen MR) is 129 cm³/mol. The Morgan fingerprint density at radius 1 is 1.11 bits per heavy atom. The van der Waals surface area contributed by atoms with Gasteiger partial charge in [-0.25, -0.2) is 12.8 Å². The zero-order chi connectivity index (χ0) is 27.8. The molecule has 2 aromatic rings. The third kappa shape index (κ3) is 6.28. The summed E-state index contributed by atoms with van der Waals surface area (Å²) in [5, 5.41) is 29.2. The van der Waals surface area contributed by atoms with Crippen molar-refractivity contribution in [3.63, 3.8) is 0 Å². The molecule has 2 aromatic carbocycles. The highest BCUT2D eigenvalue weighted by Gasteiger charge is 2.51. The molecule has 3 N–H and O–H groups in total. The number of fused-ring (bicyclic) bond motifs is 1. The van der Waals surface area contributed by atoms with Gasteiger partial charge >= 0.3 is 6.18 Å². The van der Waals surface area contributed by atoms with Crippen LogP contribution in [0.5, 0.6) is 0 Å². The maximum absolute atomic E-state index is 13.6. The number of benzene rings is 2. The highest BCUT2D eigenvalue weighted by Crippen LogP contribution is 2.46. The van der Waals surface area contributed by atoms with Gasteiger partial charge in [-0.05, 0) is 62.2 Å². The molecule has 7 nitrogen and oxygen atoms in total. The number of aliphatic hydroxyl groups excluding tert-OH is 1. The van der Waals surface area contributed by atoms with Gasteiger partial charge in [0.25, 0.3) is 10.0 Å². The topological polar surface area (TPSA) is 115 Å². The van der Waals surface area contributed by atoms with Crippen LogP contribution in [-0.2, 0) is 20.4 Å². The molecule has 1 unspecified atom stereocenters. The van der Waals surface area contributed by atoms with Crippen molar-refractivity contribution in [2.45, 2.75) is 66.3 Å². The average molecular weight is 566 g/mol. The number of nitrogens with zero attached hydrogens (tertiary/aromatic N) is 1. The fraction of sp³-hybridized carbons (Fsp3) is 0.458. The zero-order valence-electron chi connectivity index (χ0n) is 20.0. The van der Waals surface area contributed by atoms with Gasteiger partial charge in [-0.3, -0.25) is 9.10 Å². The van der Waals surface area contributed by atoms with Gasteiger partial charge in [-0.1, -0.05) is 6.07 Å². The number of thioether (sulfide) groups is 1. The Labute approximate surface area is 216 Å². The number of ketones is 1. The molecule has 0 radical (unpaired) electrons. The van der Waals surface area contributed by atoms with Crippen LogP contribution < -0.4 is 4.31 Å². The van der Waals surface area contributed by atoms with E-state index >= 15 is 0 Å². The molecule has 0 aromatic heterocycles. The van der Waals surface area contributed by atoms with E-state index in [1.54, 1.807) is 0 Å². The summed E-state index contributed by atoms with van der Waals surface area (Å²) in [5.41, 5.74) is -5.14. The molecule has 1 aliphatic heterocycles. The lowest BCUT2D eigenvalue weighted by Crippen LogP contribution is -2.46. The Hall–Kier alpha value is -2.19. The van der Waals surface area contributed by atoms with Crippen LogP contribution in [0.25, 0.3) is 0 Å². The largest absolute Gasteiger partial charge is 0.421 e. The van der Waals surface area contributed by atoms with Crippen molar-refractivity contribution in [3.05, 3.63) is 53.8 Å². The predicted octanol–water partition coefficient (Wildman–Crippen LogP) is 3.75. The number of carbonyl (C=O) groups is 1. The van der Waals surface area contributed by atoms with E-state index < -0.39 is 57.2 Å². The quantitative estimate of drug-likeness (QED) is 0.397. The minimum Gasteiger partial charge on any atom is -0.393 e. The lowest BCUT2D eigenvalue weighted by atomic mass is 9.95. The minimum absolute atomic E-state index is 0.00711. The van der Waals surface area contributed by atoms with Crippen molar-refractivity contribution in [1.29, 1.82) is 0 Å². The molecular weight excluding hydrogens is 538 g/mol. The number of hydrogen-bond donors (Lipinski definition) is 3. The number of aliphatic hydroxyl groups is 3. The Morgan fingerprint density at radius 2 is 1.73 bits per heavy atom. The number of carbonyl (C=O) groups excluding carboxylic acids is 1. The first-order valence-electron chi connectivity index (χ1n) is 11.2. The van der Waals surface area contributed by atoms with Gasteiger partial charge in [0.1, 0.15) is 11.6 Å². The first-order valence-corrected chi connectivity index (χ1v) is 13.6. The maximum atomic E-state index is 13.6. The van der Waals surface area contributed by atoms with Crippen LogP contribution in [0.4, 0.5) is 23.2 Å². The molecule has 37 heavy (non-hydrogen) atoms. The highest BCUT2D eigenvalue weighted by atomic mass is 32.2. The molecule has 204 valence electrons. The fourth-order valence-electron chi connectivity index (χ4n) is 3.77. The van der Waals surface area contributed by atoms with Gasteiger partial charge in [0.2, 0.25) is 0 Å². The number of sulfonamides is 1. The SMILES string of the molecule is CC(O)(c1ccc2c(c1)SC[C@@H](CC(=O)CC[C@@](C)(O)CO)N2S(=O)(=O)c1ccc(F)cc1)C(F)(F)F. The van der Waals surface area contributed by atoms with Gasteiger partial charge in [-0.15, -0.1) is 11.8 Å². The average Bonchev–Trinajstić information content (AvgIpc) is 2.81. The number of rotatable bonds is 9. The van der Waals surface area contributed by atoms with Crippen LogP contribution in [0, 0.1) is 5.82 Å². The molecule has 0 bridgehead atoms. The summed E-state index contributed by atoms with van der Waals surface area (Å²) in [6.45, 7) is 1.38. The Balaban J connectivity index is 2.03. The van der Waals surface area contributed by atoms with Crippen LogP contribution in [0.1, 0.15) is 38.7 Å². The Kier molecular flexibility index (Phi) is 8.35. The molecular formula is C24H27F4NO6S2. The van der Waals surface area contributed by atoms with E-state index in [9.17, 15) is 46.1 Å². The number of hydrogen-bond acceptors (Lipinski definition) is 7. The molecule has 0 saturated heterocycles. The first-order chi connectivity index (χ1) is 17.0. The summed E-state index contributed by atoms with van der Waals surface area (Å²) in [4.78, 5) is 12.6. The second-order valence-corrected chi connectivity index (χ2v) is 12.2. The molecule has 0 saturated carbocycles. The third-order valence-corrected chi connectivity index (χ3v) is 9.26. The smallest absolute Gasteiger partial charge is 0.393 e. The van der Waals surface area contributed by atoms with Crippen molar-refractivity contribution in [3.8, 4) is 0 Å². The lowest BCUT2D eigenvalue weighted by Gasteiger charge is -2.38. The molecule has 0 spiro atoms. The molecule has 0 amide bonds. The number of anilines is 1. The summed E-state index contributed by atoms with van der Waals surface area (Å²) >= 11 is 1.04. The Bertz CT molecular complexity index is 1250.